The van der Waals surface area contributed by atoms with Gasteiger partial charge in [-0.1, -0.05) is 54.2 Å². The van der Waals surface area contributed by atoms with Crippen LogP contribution in [0.15, 0.2) is 22.7 Å². The Bertz CT molecular complexity index is 320. The molecular formula is C13H18BrClO. The van der Waals surface area contributed by atoms with Gasteiger partial charge in [0.15, 0.2) is 0 Å². The summed E-state index contributed by atoms with van der Waals surface area (Å²) in [4.78, 5) is 0. The van der Waals surface area contributed by atoms with Gasteiger partial charge in [-0.25, -0.2) is 0 Å². The average molecular weight is 306 g/mol. The minimum Gasteiger partial charge on any atom is -0.388 e. The van der Waals surface area contributed by atoms with Gasteiger partial charge in [0, 0.05) is 9.50 Å². The van der Waals surface area contributed by atoms with Crippen molar-refractivity contribution < 1.29 is 5.11 Å². The van der Waals surface area contributed by atoms with Gasteiger partial charge in [-0.05, 0) is 36.1 Å². The maximum atomic E-state index is 10.1. The Morgan fingerprint density at radius 3 is 2.62 bits per heavy atom. The van der Waals surface area contributed by atoms with Gasteiger partial charge in [-0.3, -0.25) is 0 Å². The van der Waals surface area contributed by atoms with Gasteiger partial charge >= 0.3 is 0 Å². The van der Waals surface area contributed by atoms with Crippen LogP contribution in [0.25, 0.3) is 0 Å². The molecule has 0 spiro atoms. The van der Waals surface area contributed by atoms with Crippen molar-refractivity contribution in [1.29, 1.82) is 0 Å². The molecule has 2 unspecified atom stereocenters. The lowest BCUT2D eigenvalue weighted by Crippen LogP contribution is -2.04. The van der Waals surface area contributed by atoms with Crippen molar-refractivity contribution in [3.05, 3.63) is 33.3 Å². The maximum absolute atomic E-state index is 10.1. The molecule has 0 radical (unpaired) electrons. The van der Waals surface area contributed by atoms with E-state index in [-0.39, 0.29) is 0 Å². The van der Waals surface area contributed by atoms with Crippen molar-refractivity contribution in [1.82, 2.24) is 0 Å². The number of halogens is 2. The number of aliphatic hydroxyl groups excluding tert-OH is 1. The third-order valence-electron chi connectivity index (χ3n) is 2.68. The fraction of sp³-hybridized carbons (Fsp3) is 0.538. The van der Waals surface area contributed by atoms with E-state index in [9.17, 15) is 5.11 Å². The summed E-state index contributed by atoms with van der Waals surface area (Å²) in [6.07, 6.45) is 2.68. The lowest BCUT2D eigenvalue weighted by Gasteiger charge is -2.16. The van der Waals surface area contributed by atoms with Crippen LogP contribution in [0, 0.1) is 5.92 Å². The van der Waals surface area contributed by atoms with E-state index in [2.05, 4.69) is 29.8 Å². The number of aliphatic hydroxyl groups is 1. The zero-order chi connectivity index (χ0) is 12.1. The summed E-state index contributed by atoms with van der Waals surface area (Å²) in [6, 6.07) is 5.58. The smallest absolute Gasteiger partial charge is 0.0793 e. The molecule has 1 N–H and O–H groups in total. The second-order valence-corrected chi connectivity index (χ2v) is 5.70. The first-order chi connectivity index (χ1) is 7.52. The third-order valence-corrected chi connectivity index (χ3v) is 3.35. The van der Waals surface area contributed by atoms with Crippen LogP contribution in [0.3, 0.4) is 0 Å². The van der Waals surface area contributed by atoms with Crippen LogP contribution in [-0.2, 0) is 0 Å². The van der Waals surface area contributed by atoms with E-state index in [4.69, 9.17) is 11.6 Å². The SMILES string of the molecule is CCCC(C)CC(O)c1cc(Cl)cc(Br)c1. The summed E-state index contributed by atoms with van der Waals surface area (Å²) in [7, 11) is 0. The molecule has 16 heavy (non-hydrogen) atoms. The quantitative estimate of drug-likeness (QED) is 0.815. The highest BCUT2D eigenvalue weighted by Crippen LogP contribution is 2.28. The minimum atomic E-state index is -0.420. The van der Waals surface area contributed by atoms with E-state index in [1.807, 2.05) is 18.2 Å². The molecule has 1 nitrogen and oxygen atoms in total. The molecular weight excluding hydrogens is 287 g/mol. The van der Waals surface area contributed by atoms with Gasteiger partial charge in [-0.15, -0.1) is 0 Å². The van der Waals surface area contributed by atoms with E-state index < -0.39 is 6.10 Å². The lowest BCUT2D eigenvalue weighted by molar-refractivity contribution is 0.145. The minimum absolute atomic E-state index is 0.420. The topological polar surface area (TPSA) is 20.2 Å². The Morgan fingerprint density at radius 1 is 1.38 bits per heavy atom. The Kier molecular flexibility index (Phi) is 5.81. The van der Waals surface area contributed by atoms with Gasteiger partial charge in [0.05, 0.1) is 6.10 Å². The monoisotopic (exact) mass is 304 g/mol. The Morgan fingerprint density at radius 2 is 2.06 bits per heavy atom. The van der Waals surface area contributed by atoms with Gasteiger partial charge in [-0.2, -0.15) is 0 Å². The summed E-state index contributed by atoms with van der Waals surface area (Å²) < 4.78 is 0.914. The molecule has 0 saturated carbocycles. The molecule has 0 fully saturated rings. The standard InChI is InChI=1S/C13H18BrClO/c1-3-4-9(2)5-13(16)10-6-11(14)8-12(15)7-10/h6-9,13,16H,3-5H2,1-2H3. The van der Waals surface area contributed by atoms with E-state index >= 15 is 0 Å². The summed E-state index contributed by atoms with van der Waals surface area (Å²) in [5.41, 5.74) is 0.891. The third kappa shape index (κ3) is 4.44. The molecule has 0 amide bonds. The molecule has 90 valence electrons. The van der Waals surface area contributed by atoms with Crippen molar-refractivity contribution in [3.63, 3.8) is 0 Å². The largest absolute Gasteiger partial charge is 0.388 e. The van der Waals surface area contributed by atoms with Crippen molar-refractivity contribution >= 4 is 27.5 Å². The maximum Gasteiger partial charge on any atom is 0.0793 e. The highest BCUT2D eigenvalue weighted by molar-refractivity contribution is 9.10. The van der Waals surface area contributed by atoms with Crippen LogP contribution in [0.5, 0.6) is 0 Å². The molecule has 0 aliphatic heterocycles. The summed E-state index contributed by atoms with van der Waals surface area (Å²) >= 11 is 9.33. The molecule has 0 aromatic heterocycles. The van der Waals surface area contributed by atoms with Gasteiger partial charge in [0.2, 0.25) is 0 Å². The van der Waals surface area contributed by atoms with Crippen molar-refractivity contribution in [2.24, 2.45) is 5.92 Å². The summed E-state index contributed by atoms with van der Waals surface area (Å²) in [5.74, 6) is 0.540. The molecule has 0 saturated heterocycles. The predicted octanol–water partition coefficient (Wildman–Crippen LogP) is 4.96. The average Bonchev–Trinajstić information content (AvgIpc) is 2.16. The fourth-order valence-electron chi connectivity index (χ4n) is 1.90. The van der Waals surface area contributed by atoms with Gasteiger partial charge in [0.25, 0.3) is 0 Å². The second kappa shape index (κ2) is 6.63. The van der Waals surface area contributed by atoms with E-state index in [0.29, 0.717) is 10.9 Å². The molecule has 1 aromatic carbocycles. The zero-order valence-electron chi connectivity index (χ0n) is 9.71. The molecule has 2 atom stereocenters. The zero-order valence-corrected chi connectivity index (χ0v) is 12.1. The molecule has 1 rings (SSSR count). The number of benzene rings is 1. The predicted molar refractivity (Wildman–Crippen MR) is 72.8 cm³/mol. The Balaban J connectivity index is 2.68. The van der Waals surface area contributed by atoms with Crippen molar-refractivity contribution in [2.75, 3.05) is 0 Å². The van der Waals surface area contributed by atoms with Crippen LogP contribution < -0.4 is 0 Å². The van der Waals surface area contributed by atoms with Crippen LogP contribution in [-0.4, -0.2) is 5.11 Å². The Hall–Kier alpha value is -0.0500. The molecule has 3 heteroatoms. The first-order valence-electron chi connectivity index (χ1n) is 5.67. The highest BCUT2D eigenvalue weighted by Gasteiger charge is 2.13. The Labute approximate surface area is 111 Å². The van der Waals surface area contributed by atoms with Gasteiger partial charge in [0.1, 0.15) is 0 Å². The molecule has 0 heterocycles. The molecule has 0 aliphatic carbocycles. The van der Waals surface area contributed by atoms with E-state index in [1.54, 1.807) is 0 Å². The number of hydrogen-bond acceptors (Lipinski definition) is 1. The lowest BCUT2D eigenvalue weighted by atomic mass is 9.95. The van der Waals surface area contributed by atoms with E-state index in [0.717, 1.165) is 29.3 Å². The van der Waals surface area contributed by atoms with Gasteiger partial charge < -0.3 is 5.11 Å². The van der Waals surface area contributed by atoms with Crippen LogP contribution >= 0.6 is 27.5 Å². The van der Waals surface area contributed by atoms with Crippen molar-refractivity contribution in [2.45, 2.75) is 39.2 Å². The van der Waals surface area contributed by atoms with Crippen LogP contribution in [0.2, 0.25) is 5.02 Å². The highest BCUT2D eigenvalue weighted by atomic mass is 79.9. The first kappa shape index (κ1) is 14.0. The number of hydrogen-bond donors (Lipinski definition) is 1. The van der Waals surface area contributed by atoms with Crippen molar-refractivity contribution in [3.8, 4) is 0 Å². The molecule has 1 aromatic rings. The number of rotatable bonds is 5. The molecule has 0 bridgehead atoms. The fourth-order valence-corrected chi connectivity index (χ4v) is 2.78. The van der Waals surface area contributed by atoms with Crippen LogP contribution in [0.1, 0.15) is 44.8 Å². The summed E-state index contributed by atoms with van der Waals surface area (Å²) in [5, 5.41) is 10.7. The molecule has 0 aliphatic rings. The summed E-state index contributed by atoms with van der Waals surface area (Å²) in [6.45, 7) is 4.34. The van der Waals surface area contributed by atoms with Crippen LogP contribution in [0.4, 0.5) is 0 Å². The first-order valence-corrected chi connectivity index (χ1v) is 6.84. The normalized spacial score (nSPS) is 14.8. The second-order valence-electron chi connectivity index (χ2n) is 4.35. The van der Waals surface area contributed by atoms with E-state index in [1.165, 1.54) is 0 Å².